The van der Waals surface area contributed by atoms with Gasteiger partial charge >= 0.3 is 0 Å². The van der Waals surface area contributed by atoms with E-state index in [1.54, 1.807) is 12.1 Å². The van der Waals surface area contributed by atoms with E-state index < -0.39 is 0 Å². The Morgan fingerprint density at radius 1 is 1.03 bits per heavy atom. The molecule has 5 rings (SSSR count). The summed E-state index contributed by atoms with van der Waals surface area (Å²) in [5, 5.41) is 0. The molecule has 5 heteroatoms. The number of carbonyl (C=O) groups is 2. The van der Waals surface area contributed by atoms with Crippen LogP contribution in [0.4, 0.5) is 4.39 Å². The summed E-state index contributed by atoms with van der Waals surface area (Å²) in [6.07, 6.45) is 3.37. The van der Waals surface area contributed by atoms with E-state index in [0.29, 0.717) is 30.5 Å². The fourth-order valence-electron chi connectivity index (χ4n) is 5.62. The van der Waals surface area contributed by atoms with Gasteiger partial charge in [0.2, 0.25) is 11.8 Å². The molecule has 0 radical (unpaired) electrons. The summed E-state index contributed by atoms with van der Waals surface area (Å²) in [5.74, 6) is 0.753. The van der Waals surface area contributed by atoms with Crippen LogP contribution in [0.15, 0.2) is 48.5 Å². The van der Waals surface area contributed by atoms with Gasteiger partial charge in [0.05, 0.1) is 12.5 Å². The molecule has 2 aromatic carbocycles. The second-order valence-corrected chi connectivity index (χ2v) is 9.45. The molecule has 3 aliphatic rings. The third-order valence-corrected chi connectivity index (χ3v) is 7.51. The van der Waals surface area contributed by atoms with Gasteiger partial charge in [0.15, 0.2) is 0 Å². The summed E-state index contributed by atoms with van der Waals surface area (Å²) < 4.78 is 13.5. The van der Waals surface area contributed by atoms with Crippen LogP contribution in [0.1, 0.15) is 42.0 Å². The number of fused-ring (bicyclic) bond motifs is 1. The van der Waals surface area contributed by atoms with Crippen LogP contribution in [0.25, 0.3) is 0 Å². The van der Waals surface area contributed by atoms with Crippen molar-refractivity contribution < 1.29 is 14.0 Å². The van der Waals surface area contributed by atoms with Crippen molar-refractivity contribution in [3.8, 4) is 0 Å². The SMILES string of the molecule is Cc1ccccc1[C@H]1[C@H]2CN(C(=O)Cc3cccc(F)c3)C[C@H]2CN1C(=O)C1CCC1. The number of amides is 2. The smallest absolute Gasteiger partial charge is 0.227 e. The normalized spacial score (nSPS) is 25.4. The largest absolute Gasteiger partial charge is 0.342 e. The lowest BCUT2D eigenvalue weighted by atomic mass is 9.83. The summed E-state index contributed by atoms with van der Waals surface area (Å²) in [4.78, 5) is 30.3. The average molecular weight is 421 g/mol. The first-order chi connectivity index (χ1) is 15.0. The fourth-order valence-corrected chi connectivity index (χ4v) is 5.62. The lowest BCUT2D eigenvalue weighted by Crippen LogP contribution is -2.42. The summed E-state index contributed by atoms with van der Waals surface area (Å²) in [6, 6.07) is 14.6. The highest BCUT2D eigenvalue weighted by molar-refractivity contribution is 5.81. The second kappa shape index (κ2) is 8.10. The summed E-state index contributed by atoms with van der Waals surface area (Å²) in [6.45, 7) is 4.17. The first-order valence-corrected chi connectivity index (χ1v) is 11.4. The van der Waals surface area contributed by atoms with E-state index in [2.05, 4.69) is 24.0 Å². The highest BCUT2D eigenvalue weighted by Crippen LogP contribution is 2.47. The molecule has 31 heavy (non-hydrogen) atoms. The number of nitrogens with zero attached hydrogens (tertiary/aromatic N) is 2. The molecule has 0 unspecified atom stereocenters. The zero-order chi connectivity index (χ0) is 21.5. The Kier molecular flexibility index (Phi) is 5.28. The zero-order valence-corrected chi connectivity index (χ0v) is 18.0. The van der Waals surface area contributed by atoms with Gasteiger partial charge in [0.25, 0.3) is 0 Å². The Morgan fingerprint density at radius 2 is 1.84 bits per heavy atom. The molecule has 2 aromatic rings. The summed E-state index contributed by atoms with van der Waals surface area (Å²) in [7, 11) is 0. The van der Waals surface area contributed by atoms with Crippen molar-refractivity contribution in [3.63, 3.8) is 0 Å². The monoisotopic (exact) mass is 420 g/mol. The van der Waals surface area contributed by atoms with Crippen LogP contribution in [-0.4, -0.2) is 41.2 Å². The molecule has 2 heterocycles. The van der Waals surface area contributed by atoms with E-state index in [9.17, 15) is 14.0 Å². The van der Waals surface area contributed by atoms with E-state index in [0.717, 1.165) is 25.8 Å². The molecule has 0 N–H and O–H groups in total. The maximum atomic E-state index is 13.5. The molecular weight excluding hydrogens is 391 g/mol. The third-order valence-electron chi connectivity index (χ3n) is 7.51. The van der Waals surface area contributed by atoms with Crippen molar-refractivity contribution in [2.24, 2.45) is 17.8 Å². The van der Waals surface area contributed by atoms with Gasteiger partial charge in [-0.1, -0.05) is 42.8 Å². The van der Waals surface area contributed by atoms with Crippen LogP contribution in [0.3, 0.4) is 0 Å². The minimum atomic E-state index is -0.312. The van der Waals surface area contributed by atoms with Gasteiger partial charge in [0.1, 0.15) is 5.82 Å². The Labute approximate surface area is 183 Å². The molecule has 2 aliphatic heterocycles. The number of carbonyl (C=O) groups excluding carboxylic acids is 2. The predicted molar refractivity (Wildman–Crippen MR) is 117 cm³/mol. The maximum absolute atomic E-state index is 13.5. The number of likely N-dealkylation sites (tertiary alicyclic amines) is 2. The standard InChI is InChI=1S/C26H29FN2O2/c1-17-6-2-3-11-22(17)25-23-16-28(24(30)13-18-7-4-10-21(27)12-18)14-20(23)15-29(25)26(31)19-8-5-9-19/h2-4,6-7,10-12,19-20,23,25H,5,8-9,13-16H2,1H3/t20-,23-,25-/m0/s1. The van der Waals surface area contributed by atoms with Crippen LogP contribution in [0, 0.1) is 30.5 Å². The maximum Gasteiger partial charge on any atom is 0.227 e. The van der Waals surface area contributed by atoms with Crippen molar-refractivity contribution in [1.29, 1.82) is 0 Å². The molecule has 3 fully saturated rings. The Bertz CT molecular complexity index is 1000. The molecule has 2 saturated heterocycles. The first-order valence-electron chi connectivity index (χ1n) is 11.4. The number of benzene rings is 2. The van der Waals surface area contributed by atoms with E-state index in [4.69, 9.17) is 0 Å². The van der Waals surface area contributed by atoms with Gasteiger partial charge in [-0.15, -0.1) is 0 Å². The lowest BCUT2D eigenvalue weighted by molar-refractivity contribution is -0.140. The minimum Gasteiger partial charge on any atom is -0.342 e. The molecule has 2 amide bonds. The van der Waals surface area contributed by atoms with Gasteiger partial charge < -0.3 is 9.80 Å². The quantitative estimate of drug-likeness (QED) is 0.746. The topological polar surface area (TPSA) is 40.6 Å². The van der Waals surface area contributed by atoms with Gasteiger partial charge in [-0.2, -0.15) is 0 Å². The van der Waals surface area contributed by atoms with Gasteiger partial charge in [-0.3, -0.25) is 9.59 Å². The molecule has 0 spiro atoms. The van der Waals surface area contributed by atoms with Crippen LogP contribution >= 0.6 is 0 Å². The second-order valence-electron chi connectivity index (χ2n) is 9.45. The summed E-state index contributed by atoms with van der Waals surface area (Å²) in [5.41, 5.74) is 3.12. The Balaban J connectivity index is 1.37. The third kappa shape index (κ3) is 3.75. The molecule has 4 nitrogen and oxygen atoms in total. The van der Waals surface area contributed by atoms with E-state index in [1.807, 2.05) is 17.0 Å². The van der Waals surface area contributed by atoms with Crippen molar-refractivity contribution in [2.45, 2.75) is 38.6 Å². The van der Waals surface area contributed by atoms with Gasteiger partial charge in [-0.25, -0.2) is 4.39 Å². The molecule has 162 valence electrons. The Hall–Kier alpha value is -2.69. The minimum absolute atomic E-state index is 0.0336. The van der Waals surface area contributed by atoms with Crippen LogP contribution in [0.2, 0.25) is 0 Å². The molecule has 3 atom stereocenters. The van der Waals surface area contributed by atoms with E-state index in [1.165, 1.54) is 23.3 Å². The number of hydrogen-bond acceptors (Lipinski definition) is 2. The van der Waals surface area contributed by atoms with Gasteiger partial charge in [-0.05, 0) is 48.6 Å². The van der Waals surface area contributed by atoms with Crippen molar-refractivity contribution in [3.05, 3.63) is 71.0 Å². The highest BCUT2D eigenvalue weighted by atomic mass is 19.1. The van der Waals surface area contributed by atoms with Crippen molar-refractivity contribution in [1.82, 2.24) is 9.80 Å². The summed E-state index contributed by atoms with van der Waals surface area (Å²) >= 11 is 0. The first kappa shape index (κ1) is 20.2. The zero-order valence-electron chi connectivity index (χ0n) is 18.0. The Morgan fingerprint density at radius 3 is 2.55 bits per heavy atom. The highest BCUT2D eigenvalue weighted by Gasteiger charge is 2.51. The number of rotatable bonds is 4. The van der Waals surface area contributed by atoms with E-state index >= 15 is 0 Å². The lowest BCUT2D eigenvalue weighted by Gasteiger charge is -2.35. The molecule has 0 bridgehead atoms. The van der Waals surface area contributed by atoms with Crippen molar-refractivity contribution >= 4 is 11.8 Å². The number of halogens is 1. The predicted octanol–water partition coefficient (Wildman–Crippen LogP) is 4.13. The molecular formula is C26H29FN2O2. The molecule has 0 aromatic heterocycles. The molecule has 1 saturated carbocycles. The van der Waals surface area contributed by atoms with Crippen molar-refractivity contribution in [2.75, 3.05) is 19.6 Å². The van der Waals surface area contributed by atoms with Crippen LogP contribution in [0.5, 0.6) is 0 Å². The van der Waals surface area contributed by atoms with Crippen LogP contribution in [-0.2, 0) is 16.0 Å². The number of hydrogen-bond donors (Lipinski definition) is 0. The number of aryl methyl sites for hydroxylation is 1. The van der Waals surface area contributed by atoms with E-state index in [-0.39, 0.29) is 36.0 Å². The fraction of sp³-hybridized carbons (Fsp3) is 0.462. The van der Waals surface area contributed by atoms with Gasteiger partial charge in [0, 0.05) is 37.4 Å². The average Bonchev–Trinajstić information content (AvgIpc) is 3.25. The van der Waals surface area contributed by atoms with Crippen LogP contribution < -0.4 is 0 Å². The molecule has 1 aliphatic carbocycles.